The van der Waals surface area contributed by atoms with Crippen LogP contribution in [0.1, 0.15) is 71.1 Å². The van der Waals surface area contributed by atoms with Gasteiger partial charge in [-0.05, 0) is 32.3 Å². The molecule has 0 aromatic heterocycles. The summed E-state index contributed by atoms with van der Waals surface area (Å²) in [5.74, 6) is -2.12. The highest BCUT2D eigenvalue weighted by Gasteiger charge is 2.24. The summed E-state index contributed by atoms with van der Waals surface area (Å²) in [5.41, 5.74) is -0.0858. The molecule has 0 aliphatic heterocycles. The minimum Gasteiger partial charge on any atom is -0.480 e. The first-order chi connectivity index (χ1) is 13.3. The van der Waals surface area contributed by atoms with Crippen molar-refractivity contribution in [1.29, 1.82) is 0 Å². The van der Waals surface area contributed by atoms with Crippen molar-refractivity contribution < 1.29 is 29.3 Å². The molecule has 1 amide bonds. The largest absolute Gasteiger partial charge is 0.480 e. The smallest absolute Gasteiger partial charge is 0.335 e. The molecule has 0 aromatic rings. The fourth-order valence-corrected chi connectivity index (χ4v) is 3.00. The summed E-state index contributed by atoms with van der Waals surface area (Å²) < 4.78 is 5.92. The summed E-state index contributed by atoms with van der Waals surface area (Å²) in [7, 11) is 0. The van der Waals surface area contributed by atoms with Crippen LogP contribution in [0, 0.1) is 0 Å². The van der Waals surface area contributed by atoms with E-state index in [0.29, 0.717) is 25.0 Å². The number of hydrogen-bond donors (Lipinski definition) is 3. The van der Waals surface area contributed by atoms with Crippen molar-refractivity contribution in [3.05, 3.63) is 23.8 Å². The van der Waals surface area contributed by atoms with Gasteiger partial charge >= 0.3 is 11.9 Å². The molecule has 0 radical (unpaired) electrons. The molecule has 1 aliphatic carbocycles. The molecule has 0 fully saturated rings. The SMILES string of the molecule is CC1(OCCCCCCCCCCC(=O)NCC(=O)O)C=CC(C(=O)O)=CC1. The lowest BCUT2D eigenvalue weighted by Gasteiger charge is -2.28. The molecular weight excluding hydrogens is 362 g/mol. The lowest BCUT2D eigenvalue weighted by Crippen LogP contribution is -2.28. The molecule has 7 heteroatoms. The van der Waals surface area contributed by atoms with Crippen molar-refractivity contribution in [3.8, 4) is 0 Å². The van der Waals surface area contributed by atoms with Gasteiger partial charge in [0.15, 0.2) is 0 Å². The molecule has 28 heavy (non-hydrogen) atoms. The highest BCUT2D eigenvalue weighted by atomic mass is 16.5. The van der Waals surface area contributed by atoms with Crippen LogP contribution in [0.25, 0.3) is 0 Å². The molecule has 7 nitrogen and oxygen atoms in total. The molecule has 0 aromatic carbocycles. The van der Waals surface area contributed by atoms with Crippen LogP contribution in [0.2, 0.25) is 0 Å². The molecule has 0 spiro atoms. The molecule has 1 unspecified atom stereocenters. The maximum absolute atomic E-state index is 11.3. The Labute approximate surface area is 166 Å². The van der Waals surface area contributed by atoms with Gasteiger partial charge in [0.2, 0.25) is 5.91 Å². The zero-order chi connectivity index (χ0) is 20.8. The number of carboxylic acids is 2. The summed E-state index contributed by atoms with van der Waals surface area (Å²) in [5, 5.41) is 19.8. The van der Waals surface area contributed by atoms with Gasteiger partial charge in [0.05, 0.1) is 11.2 Å². The number of ether oxygens (including phenoxy) is 1. The Morgan fingerprint density at radius 1 is 1.04 bits per heavy atom. The number of nitrogens with one attached hydrogen (secondary N) is 1. The Morgan fingerprint density at radius 2 is 1.64 bits per heavy atom. The number of hydrogen-bond acceptors (Lipinski definition) is 4. The number of carbonyl (C=O) groups is 3. The standard InChI is InChI=1S/C21H33NO6/c1-21(13-11-17(12-14-21)20(26)27)28-15-9-7-5-3-2-4-6-8-10-18(23)22-16-19(24)25/h11-13H,2-10,14-16H2,1H3,(H,22,23)(H,24,25)(H,26,27). The molecule has 3 N–H and O–H groups in total. The second-order valence-corrected chi connectivity index (χ2v) is 7.41. The predicted molar refractivity (Wildman–Crippen MR) is 106 cm³/mol. The Kier molecular flexibility index (Phi) is 11.2. The third kappa shape index (κ3) is 10.9. The second kappa shape index (κ2) is 13.1. The maximum atomic E-state index is 11.3. The van der Waals surface area contributed by atoms with Gasteiger partial charge in [-0.15, -0.1) is 0 Å². The third-order valence-electron chi connectivity index (χ3n) is 4.76. The van der Waals surface area contributed by atoms with Gasteiger partial charge in [-0.3, -0.25) is 9.59 Å². The predicted octanol–water partition coefficient (Wildman–Crippen LogP) is 3.44. The van der Waals surface area contributed by atoms with Gasteiger partial charge in [0, 0.05) is 13.0 Å². The molecule has 1 aliphatic rings. The van der Waals surface area contributed by atoms with E-state index in [9.17, 15) is 14.4 Å². The van der Waals surface area contributed by atoms with E-state index in [-0.39, 0.29) is 12.5 Å². The summed E-state index contributed by atoms with van der Waals surface area (Å²) in [6.45, 7) is 2.33. The van der Waals surface area contributed by atoms with Crippen LogP contribution in [0.3, 0.4) is 0 Å². The van der Waals surface area contributed by atoms with E-state index in [2.05, 4.69) is 5.32 Å². The Bertz CT molecular complexity index is 583. The highest BCUT2D eigenvalue weighted by molar-refractivity contribution is 5.90. The number of carboxylic acid groups (broad SMARTS) is 2. The summed E-state index contributed by atoms with van der Waals surface area (Å²) in [6, 6.07) is 0. The van der Waals surface area contributed by atoms with E-state index in [1.807, 2.05) is 13.0 Å². The highest BCUT2D eigenvalue weighted by Crippen LogP contribution is 2.25. The average molecular weight is 395 g/mol. The van der Waals surface area contributed by atoms with E-state index in [4.69, 9.17) is 14.9 Å². The normalized spacial score (nSPS) is 18.5. The number of amides is 1. The van der Waals surface area contributed by atoms with Crippen molar-refractivity contribution in [2.75, 3.05) is 13.2 Å². The van der Waals surface area contributed by atoms with E-state index >= 15 is 0 Å². The van der Waals surface area contributed by atoms with Crippen molar-refractivity contribution in [2.45, 2.75) is 76.7 Å². The number of aliphatic carboxylic acids is 2. The van der Waals surface area contributed by atoms with E-state index in [0.717, 1.165) is 51.4 Å². The van der Waals surface area contributed by atoms with Gasteiger partial charge < -0.3 is 20.3 Å². The topological polar surface area (TPSA) is 113 Å². The summed E-state index contributed by atoms with van der Waals surface area (Å²) in [6.07, 6.45) is 14.5. The van der Waals surface area contributed by atoms with Crippen LogP contribution in [0.4, 0.5) is 0 Å². The fraction of sp³-hybridized carbons (Fsp3) is 0.667. The molecule has 158 valence electrons. The first-order valence-electron chi connectivity index (χ1n) is 10.1. The van der Waals surface area contributed by atoms with Gasteiger partial charge in [-0.1, -0.05) is 50.7 Å². The van der Waals surface area contributed by atoms with Crippen LogP contribution >= 0.6 is 0 Å². The number of unbranched alkanes of at least 4 members (excludes halogenated alkanes) is 7. The van der Waals surface area contributed by atoms with E-state index in [1.54, 1.807) is 12.2 Å². The lowest BCUT2D eigenvalue weighted by atomic mass is 9.94. The molecule has 0 bridgehead atoms. The fourth-order valence-electron chi connectivity index (χ4n) is 3.00. The van der Waals surface area contributed by atoms with Crippen LogP contribution in [0.5, 0.6) is 0 Å². The minimum absolute atomic E-state index is 0.196. The number of rotatable bonds is 15. The van der Waals surface area contributed by atoms with Crippen molar-refractivity contribution >= 4 is 17.8 Å². The van der Waals surface area contributed by atoms with Crippen LogP contribution in [-0.4, -0.2) is 46.8 Å². The quantitative estimate of drug-likeness (QED) is 0.366. The van der Waals surface area contributed by atoms with Crippen LogP contribution < -0.4 is 5.32 Å². The maximum Gasteiger partial charge on any atom is 0.335 e. The van der Waals surface area contributed by atoms with E-state index < -0.39 is 17.5 Å². The molecule has 0 heterocycles. The lowest BCUT2D eigenvalue weighted by molar-refractivity contribution is -0.138. The monoisotopic (exact) mass is 395 g/mol. The Hall–Kier alpha value is -2.15. The van der Waals surface area contributed by atoms with Crippen molar-refractivity contribution in [3.63, 3.8) is 0 Å². The summed E-state index contributed by atoms with van der Waals surface area (Å²) in [4.78, 5) is 32.6. The minimum atomic E-state index is -1.02. The van der Waals surface area contributed by atoms with Gasteiger partial charge in [0.25, 0.3) is 0 Å². The molecule has 1 atom stereocenters. The van der Waals surface area contributed by atoms with Crippen LogP contribution in [-0.2, 0) is 19.1 Å². The first-order valence-corrected chi connectivity index (χ1v) is 10.1. The zero-order valence-electron chi connectivity index (χ0n) is 16.7. The van der Waals surface area contributed by atoms with E-state index in [1.165, 1.54) is 0 Å². The first kappa shape index (κ1) is 23.9. The Balaban J connectivity index is 1.92. The molecule has 1 rings (SSSR count). The summed E-state index contributed by atoms with van der Waals surface area (Å²) >= 11 is 0. The molecule has 0 saturated carbocycles. The zero-order valence-corrected chi connectivity index (χ0v) is 16.7. The Morgan fingerprint density at radius 3 is 2.18 bits per heavy atom. The van der Waals surface area contributed by atoms with Crippen LogP contribution in [0.15, 0.2) is 23.8 Å². The van der Waals surface area contributed by atoms with Gasteiger partial charge in [-0.25, -0.2) is 4.79 Å². The molecular formula is C21H33NO6. The van der Waals surface area contributed by atoms with Crippen molar-refractivity contribution in [2.24, 2.45) is 0 Å². The molecule has 0 saturated heterocycles. The van der Waals surface area contributed by atoms with Gasteiger partial charge in [-0.2, -0.15) is 0 Å². The average Bonchev–Trinajstić information content (AvgIpc) is 2.64. The third-order valence-corrected chi connectivity index (χ3v) is 4.76. The second-order valence-electron chi connectivity index (χ2n) is 7.41. The number of carbonyl (C=O) groups excluding carboxylic acids is 1. The van der Waals surface area contributed by atoms with Gasteiger partial charge in [0.1, 0.15) is 6.54 Å². The van der Waals surface area contributed by atoms with Crippen molar-refractivity contribution in [1.82, 2.24) is 5.32 Å².